The van der Waals surface area contributed by atoms with Crippen LogP contribution in [0.4, 0.5) is 8.78 Å². The van der Waals surface area contributed by atoms with Crippen LogP contribution < -0.4 is 5.56 Å². The van der Waals surface area contributed by atoms with E-state index in [0.29, 0.717) is 21.9 Å². The number of nitrogens with one attached hydrogen (secondary N) is 1. The van der Waals surface area contributed by atoms with Crippen LogP contribution in [0.2, 0.25) is 0 Å². The number of hydrogen-bond acceptors (Lipinski definition) is 4. The molecule has 0 amide bonds. The molecule has 0 fully saturated rings. The van der Waals surface area contributed by atoms with E-state index in [2.05, 4.69) is 15.2 Å². The van der Waals surface area contributed by atoms with Crippen molar-refractivity contribution in [2.24, 2.45) is 0 Å². The third kappa shape index (κ3) is 3.12. The monoisotopic (exact) mass is 384 g/mol. The first kappa shape index (κ1) is 17.4. The topological polar surface area (TPSA) is 63.6 Å². The van der Waals surface area contributed by atoms with Crippen molar-refractivity contribution in [3.05, 3.63) is 81.8 Å². The van der Waals surface area contributed by atoms with Gasteiger partial charge < -0.3 is 0 Å². The van der Waals surface area contributed by atoms with E-state index in [1.165, 1.54) is 29.0 Å². The zero-order valence-corrected chi connectivity index (χ0v) is 15.1. The van der Waals surface area contributed by atoms with E-state index in [0.717, 1.165) is 17.3 Å². The highest BCUT2D eigenvalue weighted by atomic mass is 32.2. The molecule has 0 saturated carbocycles. The van der Waals surface area contributed by atoms with E-state index in [4.69, 9.17) is 0 Å². The molecule has 5 nitrogen and oxygen atoms in total. The number of aromatic amines is 1. The minimum atomic E-state index is -0.630. The van der Waals surface area contributed by atoms with E-state index in [1.54, 1.807) is 6.07 Å². The molecule has 4 rings (SSSR count). The highest BCUT2D eigenvalue weighted by Crippen LogP contribution is 2.27. The predicted molar refractivity (Wildman–Crippen MR) is 100 cm³/mol. The van der Waals surface area contributed by atoms with Crippen molar-refractivity contribution in [2.45, 2.75) is 17.8 Å². The summed E-state index contributed by atoms with van der Waals surface area (Å²) in [4.78, 5) is 17.5. The number of halogens is 2. The summed E-state index contributed by atoms with van der Waals surface area (Å²) in [5.41, 5.74) is 1.52. The molecule has 0 aliphatic carbocycles. The molecule has 0 atom stereocenters. The molecule has 0 bridgehead atoms. The highest BCUT2D eigenvalue weighted by molar-refractivity contribution is 7.98. The SMILES string of the molecule is Cc1ccccc1-n1c(SCc2c(F)cccc2F)nc2[nH]ncc2c1=O. The Morgan fingerprint density at radius 1 is 1.11 bits per heavy atom. The number of hydrogen-bond donors (Lipinski definition) is 1. The molecular weight excluding hydrogens is 370 g/mol. The summed E-state index contributed by atoms with van der Waals surface area (Å²) < 4.78 is 29.4. The molecule has 2 heterocycles. The molecule has 0 saturated heterocycles. The normalized spacial score (nSPS) is 11.2. The van der Waals surface area contributed by atoms with E-state index in [1.807, 2.05) is 25.1 Å². The molecule has 0 aliphatic rings. The smallest absolute Gasteiger partial charge is 0.268 e. The summed E-state index contributed by atoms with van der Waals surface area (Å²) in [6.07, 6.45) is 1.42. The van der Waals surface area contributed by atoms with Crippen molar-refractivity contribution >= 4 is 22.8 Å². The summed E-state index contributed by atoms with van der Waals surface area (Å²) in [6.45, 7) is 1.88. The summed E-state index contributed by atoms with van der Waals surface area (Å²) in [5.74, 6) is -1.26. The van der Waals surface area contributed by atoms with Crippen molar-refractivity contribution in [3.63, 3.8) is 0 Å². The van der Waals surface area contributed by atoms with Gasteiger partial charge in [0.05, 0.1) is 11.9 Å². The third-order valence-corrected chi connectivity index (χ3v) is 5.18. The van der Waals surface area contributed by atoms with E-state index < -0.39 is 11.6 Å². The van der Waals surface area contributed by atoms with Gasteiger partial charge in [-0.05, 0) is 30.7 Å². The number of nitrogens with zero attached hydrogens (tertiary/aromatic N) is 3. The zero-order valence-electron chi connectivity index (χ0n) is 14.2. The Hall–Kier alpha value is -3.00. The lowest BCUT2D eigenvalue weighted by Crippen LogP contribution is -2.22. The summed E-state index contributed by atoms with van der Waals surface area (Å²) in [6, 6.07) is 11.1. The number of para-hydroxylation sites is 1. The Morgan fingerprint density at radius 2 is 1.85 bits per heavy atom. The first-order valence-electron chi connectivity index (χ1n) is 8.14. The minimum absolute atomic E-state index is 0.00350. The second kappa shape index (κ2) is 6.96. The quantitative estimate of drug-likeness (QED) is 0.427. The van der Waals surface area contributed by atoms with Gasteiger partial charge in [0.2, 0.25) is 0 Å². The average Bonchev–Trinajstić information content (AvgIpc) is 3.11. The predicted octanol–water partition coefficient (Wildman–Crippen LogP) is 3.99. The number of aryl methyl sites for hydroxylation is 1. The molecule has 2 aromatic carbocycles. The fourth-order valence-corrected chi connectivity index (χ4v) is 3.82. The Balaban J connectivity index is 1.86. The van der Waals surface area contributed by atoms with Crippen molar-refractivity contribution in [1.82, 2.24) is 19.7 Å². The van der Waals surface area contributed by atoms with Crippen LogP contribution in [0.3, 0.4) is 0 Å². The number of aromatic nitrogens is 4. The molecule has 2 aromatic heterocycles. The Bertz CT molecular complexity index is 1180. The third-order valence-electron chi connectivity index (χ3n) is 4.22. The number of benzene rings is 2. The van der Waals surface area contributed by atoms with Crippen molar-refractivity contribution in [2.75, 3.05) is 0 Å². The Kier molecular flexibility index (Phi) is 4.49. The molecule has 27 heavy (non-hydrogen) atoms. The molecule has 0 unspecified atom stereocenters. The number of thioether (sulfide) groups is 1. The molecular formula is C19H14F2N4OS. The maximum absolute atomic E-state index is 14.0. The van der Waals surface area contributed by atoms with Gasteiger partial charge in [-0.3, -0.25) is 14.5 Å². The van der Waals surface area contributed by atoms with Crippen LogP contribution in [0.15, 0.2) is 58.6 Å². The number of H-pyrrole nitrogens is 1. The van der Waals surface area contributed by atoms with Gasteiger partial charge in [0.15, 0.2) is 10.8 Å². The van der Waals surface area contributed by atoms with E-state index in [9.17, 15) is 13.6 Å². The van der Waals surface area contributed by atoms with E-state index in [-0.39, 0.29) is 16.9 Å². The molecule has 0 aliphatic heterocycles. The van der Waals surface area contributed by atoms with Crippen LogP contribution in [-0.2, 0) is 5.75 Å². The Morgan fingerprint density at radius 3 is 2.59 bits per heavy atom. The minimum Gasteiger partial charge on any atom is -0.268 e. The van der Waals surface area contributed by atoms with Crippen molar-refractivity contribution < 1.29 is 8.78 Å². The van der Waals surface area contributed by atoms with Crippen LogP contribution in [0.1, 0.15) is 11.1 Å². The molecule has 0 radical (unpaired) electrons. The van der Waals surface area contributed by atoms with Gasteiger partial charge in [-0.15, -0.1) is 0 Å². The van der Waals surface area contributed by atoms with Crippen molar-refractivity contribution in [1.29, 1.82) is 0 Å². The average molecular weight is 384 g/mol. The second-order valence-corrected chi connectivity index (χ2v) is 6.89. The summed E-state index contributed by atoms with van der Waals surface area (Å²) >= 11 is 1.09. The van der Waals surface area contributed by atoms with Gasteiger partial charge in [0.25, 0.3) is 5.56 Å². The maximum atomic E-state index is 14.0. The first-order chi connectivity index (χ1) is 13.1. The van der Waals surface area contributed by atoms with Crippen LogP contribution in [0.5, 0.6) is 0 Å². The van der Waals surface area contributed by atoms with Crippen LogP contribution in [-0.4, -0.2) is 19.7 Å². The zero-order chi connectivity index (χ0) is 19.0. The van der Waals surface area contributed by atoms with Crippen LogP contribution in [0, 0.1) is 18.6 Å². The van der Waals surface area contributed by atoms with Gasteiger partial charge in [-0.2, -0.15) is 5.10 Å². The van der Waals surface area contributed by atoms with Gasteiger partial charge in [-0.25, -0.2) is 13.8 Å². The summed E-state index contributed by atoms with van der Waals surface area (Å²) in [7, 11) is 0. The van der Waals surface area contributed by atoms with Gasteiger partial charge in [0, 0.05) is 11.3 Å². The molecule has 1 N–H and O–H groups in total. The summed E-state index contributed by atoms with van der Waals surface area (Å²) in [5, 5.41) is 7.23. The molecule has 8 heteroatoms. The molecule has 136 valence electrons. The lowest BCUT2D eigenvalue weighted by atomic mass is 10.2. The van der Waals surface area contributed by atoms with Crippen molar-refractivity contribution in [3.8, 4) is 5.69 Å². The lowest BCUT2D eigenvalue weighted by molar-refractivity contribution is 0.566. The molecule has 0 spiro atoms. The number of rotatable bonds is 4. The van der Waals surface area contributed by atoms with Crippen LogP contribution >= 0.6 is 11.8 Å². The highest BCUT2D eigenvalue weighted by Gasteiger charge is 2.17. The van der Waals surface area contributed by atoms with Gasteiger partial charge in [-0.1, -0.05) is 36.0 Å². The maximum Gasteiger partial charge on any atom is 0.269 e. The van der Waals surface area contributed by atoms with Gasteiger partial charge in [0.1, 0.15) is 17.0 Å². The first-order valence-corrected chi connectivity index (χ1v) is 9.12. The molecule has 4 aromatic rings. The second-order valence-electron chi connectivity index (χ2n) is 5.94. The number of fused-ring (bicyclic) bond motifs is 1. The fraction of sp³-hybridized carbons (Fsp3) is 0.105. The Labute approximate surface area is 157 Å². The van der Waals surface area contributed by atoms with Crippen LogP contribution in [0.25, 0.3) is 16.7 Å². The standard InChI is InChI=1S/C19H14F2N4OS/c1-11-5-2-3-8-16(11)25-18(26)12-9-22-24-17(12)23-19(25)27-10-13-14(20)6-4-7-15(13)21/h2-9H,10H2,1H3,(H,22,24). The van der Waals surface area contributed by atoms with E-state index >= 15 is 0 Å². The fourth-order valence-electron chi connectivity index (χ4n) is 2.80. The lowest BCUT2D eigenvalue weighted by Gasteiger charge is -2.14. The largest absolute Gasteiger partial charge is 0.269 e. The van der Waals surface area contributed by atoms with Gasteiger partial charge >= 0.3 is 0 Å².